The summed E-state index contributed by atoms with van der Waals surface area (Å²) in [4.78, 5) is 28.4. The van der Waals surface area contributed by atoms with Gasteiger partial charge in [0.25, 0.3) is 10.0 Å². The number of halogens is 1. The molecule has 9 heteroatoms. The third-order valence-corrected chi connectivity index (χ3v) is 7.80. The number of hydrogen-bond acceptors (Lipinski definition) is 4. The molecule has 7 nitrogen and oxygen atoms in total. The minimum absolute atomic E-state index is 0.000531. The van der Waals surface area contributed by atoms with Crippen molar-refractivity contribution in [2.45, 2.75) is 57.6 Å². The first-order chi connectivity index (χ1) is 18.0. The highest BCUT2D eigenvalue weighted by Gasteiger charge is 2.33. The van der Waals surface area contributed by atoms with E-state index in [2.05, 4.69) is 5.32 Å². The normalized spacial score (nSPS) is 12.2. The summed E-state index contributed by atoms with van der Waals surface area (Å²) in [5.74, 6) is -1.41. The third-order valence-electron chi connectivity index (χ3n) is 6.02. The maximum atomic E-state index is 13.9. The molecule has 0 aliphatic heterocycles. The van der Waals surface area contributed by atoms with Crippen LogP contribution in [-0.2, 0) is 26.2 Å². The van der Waals surface area contributed by atoms with Crippen molar-refractivity contribution in [3.05, 3.63) is 95.8 Å². The molecule has 0 heterocycles. The zero-order valence-corrected chi connectivity index (χ0v) is 22.9. The SMILES string of the molecule is CC[C@@H](C(=O)NC(C)C)N(Cc1ccccc1)C(=O)CN(c1ccc(F)cc1)S(=O)(=O)c1ccc(C)cc1. The topological polar surface area (TPSA) is 86.8 Å². The number of benzene rings is 3. The summed E-state index contributed by atoms with van der Waals surface area (Å²) < 4.78 is 42.2. The summed E-state index contributed by atoms with van der Waals surface area (Å²) in [6, 6.07) is 19.4. The van der Waals surface area contributed by atoms with Crippen molar-refractivity contribution >= 4 is 27.5 Å². The van der Waals surface area contributed by atoms with Crippen molar-refractivity contribution in [3.8, 4) is 0 Å². The second-order valence-electron chi connectivity index (χ2n) is 9.40. The minimum Gasteiger partial charge on any atom is -0.352 e. The summed E-state index contributed by atoms with van der Waals surface area (Å²) >= 11 is 0. The second-order valence-corrected chi connectivity index (χ2v) is 11.3. The molecule has 0 aliphatic rings. The molecule has 2 amide bonds. The summed E-state index contributed by atoms with van der Waals surface area (Å²) in [7, 11) is -4.19. The first-order valence-corrected chi connectivity index (χ1v) is 14.0. The maximum Gasteiger partial charge on any atom is 0.264 e. The number of sulfonamides is 1. The van der Waals surface area contributed by atoms with E-state index in [1.165, 1.54) is 29.2 Å². The Balaban J connectivity index is 2.04. The van der Waals surface area contributed by atoms with E-state index in [0.717, 1.165) is 27.6 Å². The first-order valence-electron chi connectivity index (χ1n) is 12.5. The summed E-state index contributed by atoms with van der Waals surface area (Å²) in [6.07, 6.45) is 0.332. The summed E-state index contributed by atoms with van der Waals surface area (Å²) in [6.45, 7) is 6.85. The molecule has 0 spiro atoms. The van der Waals surface area contributed by atoms with Gasteiger partial charge >= 0.3 is 0 Å². The molecule has 0 unspecified atom stereocenters. The van der Waals surface area contributed by atoms with Gasteiger partial charge in [0.2, 0.25) is 11.8 Å². The van der Waals surface area contributed by atoms with Crippen LogP contribution < -0.4 is 9.62 Å². The van der Waals surface area contributed by atoms with Gasteiger partial charge < -0.3 is 10.2 Å². The number of amides is 2. The van der Waals surface area contributed by atoms with Gasteiger partial charge in [-0.15, -0.1) is 0 Å². The minimum atomic E-state index is -4.19. The van der Waals surface area contributed by atoms with Crippen molar-refractivity contribution < 1.29 is 22.4 Å². The van der Waals surface area contributed by atoms with Gasteiger partial charge in [0.1, 0.15) is 18.4 Å². The summed E-state index contributed by atoms with van der Waals surface area (Å²) in [5.41, 5.74) is 1.82. The van der Waals surface area contributed by atoms with Crippen LogP contribution in [0, 0.1) is 12.7 Å². The molecule has 0 aliphatic carbocycles. The van der Waals surface area contributed by atoms with Gasteiger partial charge in [0, 0.05) is 12.6 Å². The lowest BCUT2D eigenvalue weighted by Gasteiger charge is -2.33. The molecule has 0 radical (unpaired) electrons. The highest BCUT2D eigenvalue weighted by molar-refractivity contribution is 7.92. The quantitative estimate of drug-likeness (QED) is 0.384. The van der Waals surface area contributed by atoms with Gasteiger partial charge in [-0.3, -0.25) is 13.9 Å². The van der Waals surface area contributed by atoms with Crippen LogP contribution in [0.2, 0.25) is 0 Å². The van der Waals surface area contributed by atoms with Crippen LogP contribution >= 0.6 is 0 Å². The largest absolute Gasteiger partial charge is 0.352 e. The van der Waals surface area contributed by atoms with E-state index in [1.807, 2.05) is 51.1 Å². The van der Waals surface area contributed by atoms with Crippen molar-refractivity contribution in [2.24, 2.45) is 0 Å². The third kappa shape index (κ3) is 7.19. The number of hydrogen-bond donors (Lipinski definition) is 1. The molecule has 3 aromatic rings. The molecule has 0 bridgehead atoms. The van der Waals surface area contributed by atoms with Crippen LogP contribution in [0.5, 0.6) is 0 Å². The molecule has 0 saturated carbocycles. The molecule has 3 aromatic carbocycles. The van der Waals surface area contributed by atoms with E-state index in [-0.39, 0.29) is 29.1 Å². The molecule has 3 rings (SSSR count). The monoisotopic (exact) mass is 539 g/mol. The van der Waals surface area contributed by atoms with Gasteiger partial charge in [0.15, 0.2) is 0 Å². The molecule has 1 N–H and O–H groups in total. The van der Waals surface area contributed by atoms with Crippen LogP contribution in [0.1, 0.15) is 38.3 Å². The van der Waals surface area contributed by atoms with E-state index < -0.39 is 34.3 Å². The Hall–Kier alpha value is -3.72. The van der Waals surface area contributed by atoms with E-state index in [4.69, 9.17) is 0 Å². The van der Waals surface area contributed by atoms with Crippen molar-refractivity contribution in [2.75, 3.05) is 10.8 Å². The number of anilines is 1. The Morgan fingerprint density at radius 1 is 0.921 bits per heavy atom. The van der Waals surface area contributed by atoms with Gasteiger partial charge in [-0.25, -0.2) is 12.8 Å². The molecule has 0 saturated heterocycles. The number of aryl methyl sites for hydroxylation is 1. The molecule has 0 aromatic heterocycles. The average molecular weight is 540 g/mol. The Labute approximate surface area is 224 Å². The van der Waals surface area contributed by atoms with Gasteiger partial charge in [-0.2, -0.15) is 0 Å². The Bertz CT molecular complexity index is 1330. The van der Waals surface area contributed by atoms with Gasteiger partial charge in [-0.1, -0.05) is 55.0 Å². The number of nitrogens with one attached hydrogen (secondary N) is 1. The molecule has 0 fully saturated rings. The Kier molecular flexibility index (Phi) is 9.63. The van der Waals surface area contributed by atoms with E-state index in [1.54, 1.807) is 19.1 Å². The average Bonchev–Trinajstić information content (AvgIpc) is 2.88. The fraction of sp³-hybridized carbons (Fsp3) is 0.310. The van der Waals surface area contributed by atoms with E-state index in [9.17, 15) is 22.4 Å². The lowest BCUT2D eigenvalue weighted by molar-refractivity contribution is -0.140. The number of nitrogens with zero attached hydrogens (tertiary/aromatic N) is 2. The van der Waals surface area contributed by atoms with Gasteiger partial charge in [-0.05, 0) is 69.2 Å². The van der Waals surface area contributed by atoms with Crippen LogP contribution in [0.4, 0.5) is 10.1 Å². The highest BCUT2D eigenvalue weighted by atomic mass is 32.2. The zero-order chi connectivity index (χ0) is 27.9. The molecule has 1 atom stereocenters. The maximum absolute atomic E-state index is 13.9. The predicted octanol–water partition coefficient (Wildman–Crippen LogP) is 4.66. The van der Waals surface area contributed by atoms with E-state index in [0.29, 0.717) is 6.42 Å². The van der Waals surface area contributed by atoms with Crippen LogP contribution in [0.3, 0.4) is 0 Å². The number of carbonyl (C=O) groups excluding carboxylic acids is 2. The number of carbonyl (C=O) groups is 2. The Morgan fingerprint density at radius 3 is 2.08 bits per heavy atom. The molecule has 202 valence electrons. The van der Waals surface area contributed by atoms with Crippen LogP contribution in [0.25, 0.3) is 0 Å². The molecule has 38 heavy (non-hydrogen) atoms. The highest BCUT2D eigenvalue weighted by Crippen LogP contribution is 2.25. The molecular weight excluding hydrogens is 505 g/mol. The van der Waals surface area contributed by atoms with Gasteiger partial charge in [0.05, 0.1) is 10.6 Å². The lowest BCUT2D eigenvalue weighted by Crippen LogP contribution is -2.53. The lowest BCUT2D eigenvalue weighted by atomic mass is 10.1. The van der Waals surface area contributed by atoms with Crippen LogP contribution in [-0.4, -0.2) is 43.8 Å². The fourth-order valence-electron chi connectivity index (χ4n) is 4.05. The van der Waals surface area contributed by atoms with Crippen molar-refractivity contribution in [1.82, 2.24) is 10.2 Å². The second kappa shape index (κ2) is 12.7. The smallest absolute Gasteiger partial charge is 0.264 e. The molecular formula is C29H34FN3O4S. The van der Waals surface area contributed by atoms with E-state index >= 15 is 0 Å². The zero-order valence-electron chi connectivity index (χ0n) is 22.1. The standard InChI is InChI=1S/C29H34FN3O4S/c1-5-27(29(35)31-21(2)3)32(19-23-9-7-6-8-10-23)28(34)20-33(25-15-13-24(30)14-16-25)38(36,37)26-17-11-22(4)12-18-26/h6-18,21,27H,5,19-20H2,1-4H3,(H,31,35)/t27-/m0/s1. The fourth-order valence-corrected chi connectivity index (χ4v) is 5.47. The number of rotatable bonds is 11. The summed E-state index contributed by atoms with van der Waals surface area (Å²) in [5, 5.41) is 2.86. The van der Waals surface area contributed by atoms with Crippen LogP contribution in [0.15, 0.2) is 83.8 Å². The van der Waals surface area contributed by atoms with Crippen molar-refractivity contribution in [3.63, 3.8) is 0 Å². The predicted molar refractivity (Wildman–Crippen MR) is 146 cm³/mol. The van der Waals surface area contributed by atoms with Crippen molar-refractivity contribution in [1.29, 1.82) is 0 Å². The first kappa shape index (κ1) is 28.8. The Morgan fingerprint density at radius 2 is 1.53 bits per heavy atom.